The molecule has 0 radical (unpaired) electrons. The summed E-state index contributed by atoms with van der Waals surface area (Å²) in [5.41, 5.74) is 0.965. The Balaban J connectivity index is 1.51. The number of hydrogen-bond donors (Lipinski definition) is 0. The molecule has 0 N–H and O–H groups in total. The fraction of sp³-hybridized carbons (Fsp3) is 0.625. The predicted molar refractivity (Wildman–Crippen MR) is 109 cm³/mol. The van der Waals surface area contributed by atoms with Crippen molar-refractivity contribution in [2.24, 2.45) is 17.3 Å². The maximum absolute atomic E-state index is 13.4. The molecule has 5 rings (SSSR count). The number of likely N-dealkylation sites (N-methyl/N-ethyl adjacent to an activating group) is 1. The van der Waals surface area contributed by atoms with Crippen molar-refractivity contribution in [2.45, 2.75) is 63.4 Å². The fourth-order valence-corrected chi connectivity index (χ4v) is 6.61. The van der Waals surface area contributed by atoms with Gasteiger partial charge in [0.25, 0.3) is 5.91 Å². The molecule has 0 saturated heterocycles. The van der Waals surface area contributed by atoms with Crippen molar-refractivity contribution in [1.29, 1.82) is 5.26 Å². The van der Waals surface area contributed by atoms with E-state index in [1.807, 2.05) is 12.1 Å². The zero-order valence-electron chi connectivity index (χ0n) is 17.4. The zero-order valence-corrected chi connectivity index (χ0v) is 17.4. The molecule has 0 aromatic heterocycles. The molecule has 4 bridgehead atoms. The van der Waals surface area contributed by atoms with Gasteiger partial charge in [0.1, 0.15) is 0 Å². The highest BCUT2D eigenvalue weighted by Gasteiger charge is 2.61. The number of benzene rings is 1. The van der Waals surface area contributed by atoms with Crippen molar-refractivity contribution in [1.82, 2.24) is 4.90 Å². The van der Waals surface area contributed by atoms with Crippen LogP contribution in [0.4, 0.5) is 0 Å². The van der Waals surface area contributed by atoms with Crippen molar-refractivity contribution in [3.8, 4) is 6.07 Å². The van der Waals surface area contributed by atoms with E-state index < -0.39 is 11.5 Å². The summed E-state index contributed by atoms with van der Waals surface area (Å²) in [7, 11) is 1.65. The van der Waals surface area contributed by atoms with Crippen LogP contribution in [0.5, 0.6) is 0 Å². The van der Waals surface area contributed by atoms with E-state index in [1.165, 1.54) is 16.9 Å². The first-order valence-electron chi connectivity index (χ1n) is 10.8. The Morgan fingerprint density at radius 1 is 1.21 bits per heavy atom. The van der Waals surface area contributed by atoms with Gasteiger partial charge in [0.05, 0.1) is 17.9 Å². The van der Waals surface area contributed by atoms with Crippen molar-refractivity contribution >= 4 is 11.9 Å². The third kappa shape index (κ3) is 3.54. The van der Waals surface area contributed by atoms with E-state index in [4.69, 9.17) is 10.00 Å². The first-order valence-corrected chi connectivity index (χ1v) is 10.8. The van der Waals surface area contributed by atoms with Gasteiger partial charge in [-0.2, -0.15) is 5.26 Å². The van der Waals surface area contributed by atoms with Gasteiger partial charge in [0.2, 0.25) is 0 Å². The SMILES string of the molecule is C[C@H](OC(=O)C12C[C@H]3C[C@@H](C1)CC(c1ccccc1)(C3)C2)C(=O)N(C)CCC#N. The maximum Gasteiger partial charge on any atom is 0.312 e. The second-order valence-corrected chi connectivity index (χ2v) is 9.60. The van der Waals surface area contributed by atoms with Gasteiger partial charge < -0.3 is 9.64 Å². The van der Waals surface area contributed by atoms with Crippen molar-refractivity contribution < 1.29 is 14.3 Å². The van der Waals surface area contributed by atoms with Crippen molar-refractivity contribution in [3.63, 3.8) is 0 Å². The molecule has 1 aromatic carbocycles. The number of amides is 1. The summed E-state index contributed by atoms with van der Waals surface area (Å²) in [6.07, 6.45) is 5.62. The highest BCUT2D eigenvalue weighted by molar-refractivity contribution is 5.85. The van der Waals surface area contributed by atoms with Gasteiger partial charge in [-0.25, -0.2) is 0 Å². The monoisotopic (exact) mass is 394 g/mol. The second kappa shape index (κ2) is 7.48. The largest absolute Gasteiger partial charge is 0.452 e. The molecule has 29 heavy (non-hydrogen) atoms. The summed E-state index contributed by atoms with van der Waals surface area (Å²) >= 11 is 0. The Hall–Kier alpha value is -2.35. The zero-order chi connectivity index (χ0) is 20.6. The standard InChI is InChI=1S/C24H30N2O3/c1-17(21(27)26(2)10-6-9-25)29-22(28)24-14-18-11-19(15-24)13-23(12-18,16-24)20-7-4-3-5-8-20/h3-5,7-8,17-19H,6,10-16H2,1-2H3/t17-,18-,19+,23?,24?/m0/s1. The average Bonchev–Trinajstić information content (AvgIpc) is 2.71. The van der Waals surface area contributed by atoms with Gasteiger partial charge in [-0.1, -0.05) is 30.3 Å². The van der Waals surface area contributed by atoms with E-state index >= 15 is 0 Å². The van der Waals surface area contributed by atoms with Gasteiger partial charge >= 0.3 is 5.97 Å². The van der Waals surface area contributed by atoms with E-state index in [0.717, 1.165) is 32.1 Å². The lowest BCUT2D eigenvalue weighted by Crippen LogP contribution is -2.57. The molecule has 4 fully saturated rings. The average molecular weight is 395 g/mol. The minimum absolute atomic E-state index is 0.0706. The Labute approximate surface area is 173 Å². The van der Waals surface area contributed by atoms with Crippen LogP contribution in [0.15, 0.2) is 30.3 Å². The van der Waals surface area contributed by atoms with Crippen LogP contribution in [0.2, 0.25) is 0 Å². The molecular weight excluding hydrogens is 364 g/mol. The molecule has 5 heteroatoms. The van der Waals surface area contributed by atoms with Crippen LogP contribution in [0.1, 0.15) is 57.4 Å². The van der Waals surface area contributed by atoms with Gasteiger partial charge in [-0.3, -0.25) is 9.59 Å². The van der Waals surface area contributed by atoms with Gasteiger partial charge in [0.15, 0.2) is 6.10 Å². The summed E-state index contributed by atoms with van der Waals surface area (Å²) < 4.78 is 5.77. The second-order valence-electron chi connectivity index (χ2n) is 9.60. The van der Waals surface area contributed by atoms with Crippen LogP contribution in [-0.4, -0.2) is 36.5 Å². The molecule has 4 aliphatic carbocycles. The molecule has 0 spiro atoms. The molecule has 4 aliphatic rings. The molecule has 4 saturated carbocycles. The Morgan fingerprint density at radius 2 is 1.86 bits per heavy atom. The highest BCUT2D eigenvalue weighted by Crippen LogP contribution is 2.66. The lowest BCUT2D eigenvalue weighted by molar-refractivity contribution is -0.182. The summed E-state index contributed by atoms with van der Waals surface area (Å²) in [6, 6.07) is 12.7. The normalized spacial score (nSPS) is 33.0. The third-order valence-electron chi connectivity index (χ3n) is 7.45. The lowest BCUT2D eigenvalue weighted by atomic mass is 9.43. The van der Waals surface area contributed by atoms with E-state index in [-0.39, 0.29) is 23.7 Å². The number of carbonyl (C=O) groups is 2. The summed E-state index contributed by atoms with van der Waals surface area (Å²) in [4.78, 5) is 27.4. The van der Waals surface area contributed by atoms with Gasteiger partial charge in [-0.05, 0) is 68.3 Å². The summed E-state index contributed by atoms with van der Waals surface area (Å²) in [6.45, 7) is 2.00. The molecule has 2 unspecified atom stereocenters. The topological polar surface area (TPSA) is 70.4 Å². The van der Waals surface area contributed by atoms with E-state index in [1.54, 1.807) is 14.0 Å². The van der Waals surface area contributed by atoms with Gasteiger partial charge in [0, 0.05) is 13.6 Å². The number of nitrogens with zero attached hydrogens (tertiary/aromatic N) is 2. The minimum atomic E-state index is -0.813. The summed E-state index contributed by atoms with van der Waals surface area (Å²) in [5.74, 6) is 0.694. The van der Waals surface area contributed by atoms with Crippen LogP contribution in [-0.2, 0) is 19.7 Å². The lowest BCUT2D eigenvalue weighted by Gasteiger charge is -2.61. The first-order chi connectivity index (χ1) is 13.9. The maximum atomic E-state index is 13.4. The Morgan fingerprint density at radius 3 is 2.48 bits per heavy atom. The van der Waals surface area contributed by atoms with E-state index in [9.17, 15) is 9.59 Å². The van der Waals surface area contributed by atoms with Crippen LogP contribution >= 0.6 is 0 Å². The summed E-state index contributed by atoms with van der Waals surface area (Å²) in [5, 5.41) is 8.72. The molecule has 0 aliphatic heterocycles. The molecule has 5 nitrogen and oxygen atoms in total. The third-order valence-corrected chi connectivity index (χ3v) is 7.45. The van der Waals surface area contributed by atoms with E-state index in [0.29, 0.717) is 18.4 Å². The van der Waals surface area contributed by atoms with E-state index in [2.05, 4.69) is 24.3 Å². The predicted octanol–water partition coefficient (Wildman–Crippen LogP) is 3.83. The number of carbonyl (C=O) groups excluding carboxylic acids is 2. The highest BCUT2D eigenvalue weighted by atomic mass is 16.5. The quantitative estimate of drug-likeness (QED) is 0.688. The molecule has 154 valence electrons. The number of rotatable bonds is 6. The van der Waals surface area contributed by atoms with Crippen molar-refractivity contribution in [3.05, 3.63) is 35.9 Å². The number of ether oxygens (including phenoxy) is 1. The van der Waals surface area contributed by atoms with Gasteiger partial charge in [-0.15, -0.1) is 0 Å². The molecule has 1 aromatic rings. The minimum Gasteiger partial charge on any atom is -0.452 e. The number of nitriles is 1. The van der Waals surface area contributed by atoms with Crippen LogP contribution in [0, 0.1) is 28.6 Å². The first kappa shape index (κ1) is 19.9. The van der Waals surface area contributed by atoms with Crippen LogP contribution < -0.4 is 0 Å². The Bertz CT molecular complexity index is 814. The molecular formula is C24H30N2O3. The fourth-order valence-electron chi connectivity index (χ4n) is 6.61. The van der Waals surface area contributed by atoms with Crippen LogP contribution in [0.25, 0.3) is 0 Å². The number of hydrogen-bond acceptors (Lipinski definition) is 4. The number of esters is 1. The smallest absolute Gasteiger partial charge is 0.312 e. The molecule has 1 amide bonds. The molecule has 5 atom stereocenters. The Kier molecular flexibility index (Phi) is 5.14. The van der Waals surface area contributed by atoms with Crippen LogP contribution in [0.3, 0.4) is 0 Å². The molecule has 0 heterocycles. The van der Waals surface area contributed by atoms with Crippen molar-refractivity contribution in [2.75, 3.05) is 13.6 Å².